The van der Waals surface area contributed by atoms with Crippen molar-refractivity contribution in [3.05, 3.63) is 12.7 Å². The number of hydrogen-bond donors (Lipinski definition) is 0. The van der Waals surface area contributed by atoms with Crippen molar-refractivity contribution in [2.24, 2.45) is 0 Å². The van der Waals surface area contributed by atoms with Gasteiger partial charge < -0.3 is 0 Å². The van der Waals surface area contributed by atoms with Crippen molar-refractivity contribution in [2.45, 2.75) is 96.8 Å². The zero-order chi connectivity index (χ0) is 19.0. The Balaban J connectivity index is 0. The normalized spacial score (nSPS) is 12.7. The van der Waals surface area contributed by atoms with Gasteiger partial charge in [0.15, 0.2) is 0 Å². The molecule has 0 atom stereocenters. The van der Waals surface area contributed by atoms with Gasteiger partial charge in [-0.2, -0.15) is 0 Å². The summed E-state index contributed by atoms with van der Waals surface area (Å²) in [6.45, 7) is 9.90. The van der Waals surface area contributed by atoms with Crippen molar-refractivity contribution >= 4 is 25.2 Å². The maximum atomic E-state index is 11.5. The summed E-state index contributed by atoms with van der Waals surface area (Å²) < 4.78 is 5.66. The molecule has 0 aromatic rings. The van der Waals surface area contributed by atoms with E-state index in [1.54, 1.807) is 0 Å². The molecule has 0 bridgehead atoms. The van der Waals surface area contributed by atoms with Crippen molar-refractivity contribution in [1.82, 2.24) is 0 Å². The number of rotatable bonds is 17. The van der Waals surface area contributed by atoms with Gasteiger partial charge >= 0.3 is 132 Å². The summed E-state index contributed by atoms with van der Waals surface area (Å²) >= 11 is 0. The van der Waals surface area contributed by atoms with Gasteiger partial charge in [-0.15, -0.1) is 12.4 Å². The molecule has 0 aromatic carbocycles. The quantitative estimate of drug-likeness (QED) is 0.138. The SMILES string of the molecule is C=CC(=O)OP(C)(C)(C)CCCCCCCCCCCCCCCC.Cl. The van der Waals surface area contributed by atoms with Crippen LogP contribution >= 0.6 is 19.2 Å². The maximum absolute atomic E-state index is 11.5. The van der Waals surface area contributed by atoms with Gasteiger partial charge in [-0.05, 0) is 0 Å². The monoisotopic (exact) mass is 408 g/mol. The van der Waals surface area contributed by atoms with E-state index < -0.39 is 6.83 Å². The van der Waals surface area contributed by atoms with Crippen molar-refractivity contribution < 1.29 is 9.32 Å². The second kappa shape index (κ2) is 15.9. The summed E-state index contributed by atoms with van der Waals surface area (Å²) in [7, 11) is 0. The molecule has 0 aliphatic rings. The molecular formula is C22H46ClO2P. The number of halogens is 1. The van der Waals surface area contributed by atoms with Crippen LogP contribution in [0, 0.1) is 0 Å². The molecule has 0 aromatic heterocycles. The molecule has 0 saturated heterocycles. The van der Waals surface area contributed by atoms with E-state index in [9.17, 15) is 4.79 Å². The van der Waals surface area contributed by atoms with Crippen LogP contribution in [-0.4, -0.2) is 32.1 Å². The van der Waals surface area contributed by atoms with Crippen LogP contribution in [0.3, 0.4) is 0 Å². The van der Waals surface area contributed by atoms with E-state index in [1.165, 1.54) is 96.0 Å². The molecule has 158 valence electrons. The second-order valence-electron chi connectivity index (χ2n) is 8.90. The van der Waals surface area contributed by atoms with Gasteiger partial charge in [-0.25, -0.2) is 0 Å². The number of carbonyl (C=O) groups is 1. The second-order valence-corrected chi connectivity index (χ2v) is 15.5. The van der Waals surface area contributed by atoms with Crippen LogP contribution in [0.15, 0.2) is 12.7 Å². The van der Waals surface area contributed by atoms with E-state index in [1.807, 2.05) is 0 Å². The Labute approximate surface area is 170 Å². The molecule has 4 heteroatoms. The first kappa shape index (κ1) is 28.1. The summed E-state index contributed by atoms with van der Waals surface area (Å²) in [4.78, 5) is 11.5. The zero-order valence-corrected chi connectivity index (χ0v) is 19.8. The minimum Gasteiger partial charge on any atom is -0.147 e. The Bertz CT molecular complexity index is 361. The van der Waals surface area contributed by atoms with Crippen LogP contribution in [0.2, 0.25) is 0 Å². The Morgan fingerprint density at radius 3 is 1.46 bits per heavy atom. The predicted octanol–water partition coefficient (Wildman–Crippen LogP) is 7.98. The third-order valence-electron chi connectivity index (χ3n) is 4.87. The fourth-order valence-electron chi connectivity index (χ4n) is 3.26. The average Bonchev–Trinajstić information content (AvgIpc) is 2.54. The summed E-state index contributed by atoms with van der Waals surface area (Å²) in [5.74, 6) is -0.268. The summed E-state index contributed by atoms with van der Waals surface area (Å²) in [5, 5.41) is 0. The van der Waals surface area contributed by atoms with Gasteiger partial charge in [-0.3, -0.25) is 0 Å². The van der Waals surface area contributed by atoms with Crippen LogP contribution in [0.25, 0.3) is 0 Å². The fourth-order valence-corrected chi connectivity index (χ4v) is 5.40. The van der Waals surface area contributed by atoms with Gasteiger partial charge in [0.2, 0.25) is 0 Å². The van der Waals surface area contributed by atoms with Crippen molar-refractivity contribution in [1.29, 1.82) is 0 Å². The van der Waals surface area contributed by atoms with Crippen LogP contribution in [0.5, 0.6) is 0 Å². The Kier molecular flexibility index (Phi) is 17.2. The molecule has 0 heterocycles. The fraction of sp³-hybridized carbons (Fsp3) is 0.864. The van der Waals surface area contributed by atoms with E-state index in [0.717, 1.165) is 6.16 Å². The van der Waals surface area contributed by atoms with Gasteiger partial charge in [-0.1, -0.05) is 26.2 Å². The number of carbonyl (C=O) groups excluding carboxylic acids is 1. The van der Waals surface area contributed by atoms with E-state index in [4.69, 9.17) is 4.52 Å². The minimum atomic E-state index is -2.28. The predicted molar refractivity (Wildman–Crippen MR) is 123 cm³/mol. The van der Waals surface area contributed by atoms with Crippen LogP contribution in [-0.2, 0) is 9.32 Å². The Morgan fingerprint density at radius 2 is 1.12 bits per heavy atom. The first-order chi connectivity index (χ1) is 11.8. The molecule has 2 nitrogen and oxygen atoms in total. The standard InChI is InChI=1S/C22H45O2P.ClH/c1-6-8-9-10-11-12-13-14-15-16-17-18-19-20-21-25(3,4,5)24-22(23)7-2;/h7H,2,6,8-21H2,1,3-5H3;1H. The van der Waals surface area contributed by atoms with Crippen molar-refractivity contribution in [3.8, 4) is 0 Å². The average molecular weight is 409 g/mol. The van der Waals surface area contributed by atoms with Gasteiger partial charge in [0.25, 0.3) is 0 Å². The van der Waals surface area contributed by atoms with E-state index in [0.29, 0.717) is 0 Å². The van der Waals surface area contributed by atoms with Crippen LogP contribution in [0.4, 0.5) is 0 Å². The van der Waals surface area contributed by atoms with Crippen LogP contribution < -0.4 is 0 Å². The molecule has 0 rings (SSSR count). The van der Waals surface area contributed by atoms with Crippen LogP contribution in [0.1, 0.15) is 96.8 Å². The number of hydrogen-bond acceptors (Lipinski definition) is 2. The van der Waals surface area contributed by atoms with Gasteiger partial charge in [0, 0.05) is 0 Å². The Morgan fingerprint density at radius 1 is 0.769 bits per heavy atom. The molecular weight excluding hydrogens is 363 g/mol. The van der Waals surface area contributed by atoms with Gasteiger partial charge in [0.05, 0.1) is 0 Å². The number of unbranched alkanes of at least 4 members (excludes halogenated alkanes) is 13. The summed E-state index contributed by atoms with van der Waals surface area (Å²) in [6.07, 6.45) is 21.5. The van der Waals surface area contributed by atoms with E-state index >= 15 is 0 Å². The zero-order valence-electron chi connectivity index (χ0n) is 18.1. The molecule has 0 N–H and O–H groups in total. The molecule has 0 fully saturated rings. The minimum absolute atomic E-state index is 0. The molecule has 0 aliphatic carbocycles. The molecule has 0 unspecified atom stereocenters. The van der Waals surface area contributed by atoms with E-state index in [-0.39, 0.29) is 18.4 Å². The summed E-state index contributed by atoms with van der Waals surface area (Å²) in [5.41, 5.74) is 0. The first-order valence-corrected chi connectivity index (χ1v) is 14.3. The third kappa shape index (κ3) is 18.7. The molecule has 0 spiro atoms. The third-order valence-corrected chi connectivity index (χ3v) is 7.57. The smallest absolute Gasteiger partial charge is 0.147 e. The topological polar surface area (TPSA) is 26.3 Å². The van der Waals surface area contributed by atoms with Crippen molar-refractivity contribution in [2.75, 3.05) is 26.2 Å². The molecule has 0 amide bonds. The van der Waals surface area contributed by atoms with Crippen molar-refractivity contribution in [3.63, 3.8) is 0 Å². The van der Waals surface area contributed by atoms with Gasteiger partial charge in [0.1, 0.15) is 0 Å². The van der Waals surface area contributed by atoms with E-state index in [2.05, 4.69) is 33.5 Å². The first-order valence-electron chi connectivity index (χ1n) is 10.7. The molecule has 0 radical (unpaired) electrons. The molecule has 26 heavy (non-hydrogen) atoms. The molecule has 0 aliphatic heterocycles. The Hall–Kier alpha value is -0.0700. The summed E-state index contributed by atoms with van der Waals surface area (Å²) in [6, 6.07) is 0. The molecule has 0 saturated carbocycles.